The first kappa shape index (κ1) is 83.7. The van der Waals surface area contributed by atoms with Gasteiger partial charge in [-0.3, -0.25) is 0 Å². The van der Waals surface area contributed by atoms with Gasteiger partial charge in [0.15, 0.2) is 0 Å². The van der Waals surface area contributed by atoms with Crippen LogP contribution in [-0.4, -0.2) is 18.3 Å². The lowest BCUT2D eigenvalue weighted by Crippen LogP contribution is -1.96. The van der Waals surface area contributed by atoms with E-state index in [0.29, 0.717) is 0 Å². The quantitative estimate of drug-likeness (QED) is 0.152. The van der Waals surface area contributed by atoms with E-state index in [9.17, 15) is 0 Å². The SMILES string of the molecule is c1cc(-c2ccc3c(c2)-c2cccc4cccc-3c24)cc(-n2c3ccccc3c3cc4ccccc4cc32)c1.c1cc(-c2ccc3c4c(cccc24)-c2ccccc2-3)cc(-n2c3ccccc3c3ccc4ccccc4c32)c1.c1ccc2c(c1)-c1cccc3c(-c4ccc(-n5c6ccccc6c6ccc7ccccc7c65)cc4)ccc-2c13.c1ccc2c(c1)-c1cccc3c(-n4c5ccccc5c5ccc6ccccc6c54)ccc-2c13. The van der Waals surface area contributed by atoms with Crippen LogP contribution in [0.15, 0.2) is 534 Å². The molecule has 4 heterocycles. The Morgan fingerprint density at radius 3 is 0.913 bits per heavy atom. The van der Waals surface area contributed by atoms with Crippen molar-refractivity contribution < 1.29 is 0 Å². The highest BCUT2D eigenvalue weighted by atomic mass is 15.0. The number of nitrogens with zero attached hydrogens (tertiary/aromatic N) is 4. The predicted molar refractivity (Wildman–Crippen MR) is 637 cm³/mol. The fraction of sp³-hybridized carbons (Fsp3) is 0. The lowest BCUT2D eigenvalue weighted by atomic mass is 9.94. The van der Waals surface area contributed by atoms with Gasteiger partial charge in [-0.2, -0.15) is 0 Å². The normalized spacial score (nSPS) is 12.1. The minimum absolute atomic E-state index is 1.18. The van der Waals surface area contributed by atoms with Crippen molar-refractivity contribution in [3.05, 3.63) is 534 Å². The summed E-state index contributed by atoms with van der Waals surface area (Å²) in [6, 6.07) is 196. The molecular weight excluding hydrogens is 1810 g/mol. The van der Waals surface area contributed by atoms with E-state index in [2.05, 4.69) is 552 Å². The molecule has 0 amide bonds. The maximum absolute atomic E-state index is 2.48. The molecule has 27 aromatic carbocycles. The second-order valence-corrected chi connectivity index (χ2v) is 40.6. The molecule has 692 valence electrons. The van der Waals surface area contributed by atoms with Crippen LogP contribution in [0.4, 0.5) is 0 Å². The Morgan fingerprint density at radius 2 is 0.407 bits per heavy atom. The molecule has 35 rings (SSSR count). The van der Waals surface area contributed by atoms with Crippen molar-refractivity contribution in [3.8, 4) is 145 Å². The smallest absolute Gasteiger partial charge is 0.0619 e. The van der Waals surface area contributed by atoms with Gasteiger partial charge in [-0.05, 0) is 272 Å². The molecule has 150 heavy (non-hydrogen) atoms. The summed E-state index contributed by atoms with van der Waals surface area (Å²) in [7, 11) is 0. The van der Waals surface area contributed by atoms with E-state index in [-0.39, 0.29) is 0 Å². The van der Waals surface area contributed by atoms with Crippen molar-refractivity contribution in [1.82, 2.24) is 18.3 Å². The van der Waals surface area contributed by atoms with Crippen molar-refractivity contribution in [2.24, 2.45) is 0 Å². The summed E-state index contributed by atoms with van der Waals surface area (Å²) in [5, 5.41) is 31.2. The second kappa shape index (κ2) is 32.9. The number of benzene rings is 27. The van der Waals surface area contributed by atoms with E-state index < -0.39 is 0 Å². The van der Waals surface area contributed by atoms with E-state index in [1.165, 1.54) is 319 Å². The van der Waals surface area contributed by atoms with E-state index >= 15 is 0 Å². The largest absolute Gasteiger partial charge is 0.309 e. The molecule has 0 atom stereocenters. The standard InChI is InChI=1S/3C38H23N.C32H19N/c1-2-9-27-23-37-35(22-26(27)8-1)31-14-3-4-17-36(31)39(37)29-13-5-12-25(20-29)28-18-19-30-32-15-6-10-24-11-7-16-33(38(24)32)34(30)21-28;1-2-12-28-24(9-1)19-20-35-31-15-5-6-18-36(31)39(38(28)35)26-11-7-10-25(23-26)27-21-22-34-30-14-4-3-13-29(30)33-17-8-16-32(27)37(33)34;1-2-9-28-24(8-1)18-21-35-31-12-5-6-15-36(31)39(38(28)35)26-19-16-25(17-20-26)27-22-23-34-30-11-4-3-10-29(30)33-14-7-13-32(27)37(33)34;1-2-9-21-20(8-1)16-17-27-24-12-5-6-15-29(24)33(32(21)27)30-19-18-26-23-11-4-3-10-22(23)25-13-7-14-28(30)31(25)26/h3*1-23H;1-19H. The molecule has 0 bridgehead atoms. The summed E-state index contributed by atoms with van der Waals surface area (Å²) < 4.78 is 9.79. The Labute approximate surface area is 864 Å². The highest BCUT2D eigenvalue weighted by Crippen LogP contribution is 2.56. The maximum Gasteiger partial charge on any atom is 0.0619 e. The minimum atomic E-state index is 1.18. The van der Waals surface area contributed by atoms with E-state index in [1.54, 1.807) is 0 Å². The Balaban J connectivity index is 0.0000000884. The number of fused-ring (bicyclic) bond motifs is 31. The molecule has 0 saturated heterocycles. The van der Waals surface area contributed by atoms with Crippen LogP contribution < -0.4 is 0 Å². The Kier molecular flexibility index (Phi) is 18.3. The third-order valence-corrected chi connectivity index (χ3v) is 32.9. The lowest BCUT2D eigenvalue weighted by Gasteiger charge is -2.14. The topological polar surface area (TPSA) is 19.7 Å². The summed E-state index contributed by atoms with van der Waals surface area (Å²) >= 11 is 0. The molecule has 0 radical (unpaired) electrons. The lowest BCUT2D eigenvalue weighted by molar-refractivity contribution is 1.18. The molecule has 0 fully saturated rings. The van der Waals surface area contributed by atoms with E-state index in [0.717, 1.165) is 0 Å². The molecule has 0 unspecified atom stereocenters. The van der Waals surface area contributed by atoms with Gasteiger partial charge in [0.2, 0.25) is 0 Å². The van der Waals surface area contributed by atoms with Gasteiger partial charge in [-0.1, -0.05) is 449 Å². The summed E-state index contributed by atoms with van der Waals surface area (Å²) in [6.07, 6.45) is 0. The van der Waals surface area contributed by atoms with Crippen LogP contribution in [-0.2, 0) is 0 Å². The van der Waals surface area contributed by atoms with Gasteiger partial charge in [0.25, 0.3) is 0 Å². The molecule has 0 spiro atoms. The average Bonchev–Trinajstić information content (AvgIpc) is 1.56. The molecule has 31 aromatic rings. The summed E-state index contributed by atoms with van der Waals surface area (Å²) in [6.45, 7) is 0. The molecule has 4 nitrogen and oxygen atoms in total. The number of para-hydroxylation sites is 4. The van der Waals surface area contributed by atoms with Crippen molar-refractivity contribution >= 4 is 173 Å². The molecule has 4 heteroatoms. The maximum atomic E-state index is 2.48. The molecule has 4 aliphatic rings. The number of hydrogen-bond donors (Lipinski definition) is 0. The average molecular weight is 1900 g/mol. The van der Waals surface area contributed by atoms with Gasteiger partial charge >= 0.3 is 0 Å². The highest BCUT2D eigenvalue weighted by Gasteiger charge is 2.31. The van der Waals surface area contributed by atoms with Crippen LogP contribution in [0.3, 0.4) is 0 Å². The predicted octanol–water partition coefficient (Wildman–Crippen LogP) is 40.0. The molecular formula is C146H88N4. The highest BCUT2D eigenvalue weighted by molar-refractivity contribution is 6.27. The van der Waals surface area contributed by atoms with Crippen molar-refractivity contribution in [3.63, 3.8) is 0 Å². The number of rotatable bonds is 7. The molecule has 4 aliphatic carbocycles. The fourth-order valence-corrected chi connectivity index (χ4v) is 26.4. The fourth-order valence-electron chi connectivity index (χ4n) is 26.4. The minimum Gasteiger partial charge on any atom is -0.309 e. The zero-order valence-corrected chi connectivity index (χ0v) is 81.6. The van der Waals surface area contributed by atoms with Crippen LogP contribution >= 0.6 is 0 Å². The third kappa shape index (κ3) is 12.5. The van der Waals surface area contributed by atoms with Crippen LogP contribution in [0, 0.1) is 0 Å². The van der Waals surface area contributed by atoms with Crippen molar-refractivity contribution in [1.29, 1.82) is 0 Å². The third-order valence-electron chi connectivity index (χ3n) is 32.9. The number of hydrogen-bond acceptors (Lipinski definition) is 0. The van der Waals surface area contributed by atoms with E-state index in [1.807, 2.05) is 0 Å². The summed E-state index contributed by atoms with van der Waals surface area (Å²) in [4.78, 5) is 0. The van der Waals surface area contributed by atoms with Gasteiger partial charge in [0.1, 0.15) is 0 Å². The molecule has 0 aliphatic heterocycles. The van der Waals surface area contributed by atoms with Gasteiger partial charge < -0.3 is 18.3 Å². The van der Waals surface area contributed by atoms with Gasteiger partial charge in [-0.25, -0.2) is 0 Å². The van der Waals surface area contributed by atoms with Crippen LogP contribution in [0.25, 0.3) is 319 Å². The number of aromatic nitrogens is 4. The monoisotopic (exact) mass is 1900 g/mol. The summed E-state index contributed by atoms with van der Waals surface area (Å²) in [5.74, 6) is 0. The van der Waals surface area contributed by atoms with Crippen LogP contribution in [0.1, 0.15) is 0 Å². The van der Waals surface area contributed by atoms with Crippen LogP contribution in [0.5, 0.6) is 0 Å². The van der Waals surface area contributed by atoms with Crippen LogP contribution in [0.2, 0.25) is 0 Å². The van der Waals surface area contributed by atoms with Crippen molar-refractivity contribution in [2.45, 2.75) is 0 Å². The first-order chi connectivity index (χ1) is 74.5. The van der Waals surface area contributed by atoms with Crippen molar-refractivity contribution in [2.75, 3.05) is 0 Å². The molecule has 0 saturated carbocycles. The van der Waals surface area contributed by atoms with Gasteiger partial charge in [-0.15, -0.1) is 0 Å². The molecule has 4 aromatic heterocycles. The Morgan fingerprint density at radius 1 is 0.107 bits per heavy atom. The first-order valence-electron chi connectivity index (χ1n) is 52.1. The van der Waals surface area contributed by atoms with E-state index in [4.69, 9.17) is 0 Å². The van der Waals surface area contributed by atoms with Gasteiger partial charge in [0.05, 0.1) is 49.8 Å². The Bertz CT molecular complexity index is 11200. The van der Waals surface area contributed by atoms with Gasteiger partial charge in [0, 0.05) is 81.7 Å². The first-order valence-corrected chi connectivity index (χ1v) is 52.1. The Hall–Kier alpha value is -19.8. The zero-order valence-electron chi connectivity index (χ0n) is 81.6. The second-order valence-electron chi connectivity index (χ2n) is 40.6. The summed E-state index contributed by atoms with van der Waals surface area (Å²) in [5.41, 5.74) is 43.7. The molecule has 0 N–H and O–H groups in total. The zero-order chi connectivity index (χ0) is 98.0.